The van der Waals surface area contributed by atoms with Crippen LogP contribution in [0.3, 0.4) is 0 Å². The van der Waals surface area contributed by atoms with Crippen LogP contribution in [0.15, 0.2) is 60.8 Å². The van der Waals surface area contributed by atoms with Crippen molar-refractivity contribution in [1.82, 2.24) is 15.3 Å². The fourth-order valence-electron chi connectivity index (χ4n) is 3.60. The normalized spacial score (nSPS) is 15.8. The lowest BCUT2D eigenvalue weighted by Gasteiger charge is -2.33. The molecule has 0 amide bonds. The molecule has 3 aromatic rings. The summed E-state index contributed by atoms with van der Waals surface area (Å²) in [6.07, 6.45) is 2.63. The van der Waals surface area contributed by atoms with Gasteiger partial charge in [-0.3, -0.25) is 0 Å². The van der Waals surface area contributed by atoms with Crippen molar-refractivity contribution < 1.29 is 4.74 Å². The number of methoxy groups -OCH3 is 1. The van der Waals surface area contributed by atoms with Gasteiger partial charge in [0.25, 0.3) is 0 Å². The Hall–Kier alpha value is -3.63. The molecule has 0 fully saturated rings. The number of nitriles is 1. The fraction of sp³-hybridized carbons (Fsp3) is 0.261. The van der Waals surface area contributed by atoms with E-state index in [0.29, 0.717) is 11.4 Å². The Morgan fingerprint density at radius 2 is 2.07 bits per heavy atom. The van der Waals surface area contributed by atoms with Crippen molar-refractivity contribution in [3.05, 3.63) is 77.6 Å². The maximum atomic E-state index is 8.96. The van der Waals surface area contributed by atoms with Crippen LogP contribution < -0.4 is 20.7 Å². The van der Waals surface area contributed by atoms with Gasteiger partial charge in [0.15, 0.2) is 0 Å². The predicted octanol–water partition coefficient (Wildman–Crippen LogP) is 3.14. The molecule has 152 valence electrons. The molecular formula is C23H24N6O. The first-order valence-electron chi connectivity index (χ1n) is 9.95. The molecule has 7 nitrogen and oxygen atoms in total. The topological polar surface area (TPSA) is 94.9 Å². The largest absolute Gasteiger partial charge is 0.481 e. The molecule has 1 aliphatic heterocycles. The molecule has 2 aromatic heterocycles. The number of hydrogen-bond donors (Lipinski definition) is 3. The van der Waals surface area contributed by atoms with Crippen LogP contribution >= 0.6 is 0 Å². The zero-order valence-electron chi connectivity index (χ0n) is 16.8. The molecule has 0 bridgehead atoms. The highest BCUT2D eigenvalue weighted by Gasteiger charge is 2.28. The van der Waals surface area contributed by atoms with E-state index in [1.54, 1.807) is 13.3 Å². The lowest BCUT2D eigenvalue weighted by atomic mass is 10.0. The Bertz CT molecular complexity index is 1030. The van der Waals surface area contributed by atoms with Crippen molar-refractivity contribution in [2.75, 3.05) is 30.8 Å². The van der Waals surface area contributed by atoms with Gasteiger partial charge < -0.3 is 20.7 Å². The smallest absolute Gasteiger partial charge is 0.213 e. The summed E-state index contributed by atoms with van der Waals surface area (Å²) in [4.78, 5) is 9.11. The van der Waals surface area contributed by atoms with Gasteiger partial charge >= 0.3 is 0 Å². The van der Waals surface area contributed by atoms with Crippen LogP contribution in [-0.2, 0) is 6.42 Å². The van der Waals surface area contributed by atoms with Crippen molar-refractivity contribution in [1.29, 1.82) is 5.26 Å². The number of pyridine rings is 2. The highest BCUT2D eigenvalue weighted by Crippen LogP contribution is 2.28. The number of nitrogens with one attached hydrogen (secondary N) is 3. The third-order valence-corrected chi connectivity index (χ3v) is 5.18. The summed E-state index contributed by atoms with van der Waals surface area (Å²) in [6.45, 7) is 1.51. The highest BCUT2D eigenvalue weighted by atomic mass is 16.5. The van der Waals surface area contributed by atoms with E-state index in [1.165, 1.54) is 5.56 Å². The first-order valence-corrected chi connectivity index (χ1v) is 9.95. The zero-order valence-corrected chi connectivity index (χ0v) is 16.8. The maximum absolute atomic E-state index is 8.96. The van der Waals surface area contributed by atoms with E-state index in [1.807, 2.05) is 54.6 Å². The van der Waals surface area contributed by atoms with Gasteiger partial charge in [0.2, 0.25) is 5.88 Å². The van der Waals surface area contributed by atoms with Gasteiger partial charge in [-0.1, -0.05) is 18.2 Å². The molecule has 4 rings (SSSR count). The summed E-state index contributed by atoms with van der Waals surface area (Å²) in [5.74, 6) is 1.43. The first-order chi connectivity index (χ1) is 14.8. The Labute approximate surface area is 176 Å². The third-order valence-electron chi connectivity index (χ3n) is 5.18. The molecule has 2 atom stereocenters. The number of nitrogens with zero attached hydrogens (tertiary/aromatic N) is 3. The summed E-state index contributed by atoms with van der Waals surface area (Å²) in [6, 6.07) is 19.6. The number of ether oxygens (including phenoxy) is 1. The van der Waals surface area contributed by atoms with Crippen LogP contribution in [-0.4, -0.2) is 36.2 Å². The van der Waals surface area contributed by atoms with Crippen LogP contribution in [0.4, 0.5) is 11.5 Å². The lowest BCUT2D eigenvalue weighted by molar-refractivity contribution is 0.389. The van der Waals surface area contributed by atoms with Crippen molar-refractivity contribution in [3.63, 3.8) is 0 Å². The Balaban J connectivity index is 1.50. The van der Waals surface area contributed by atoms with Crippen molar-refractivity contribution >= 4 is 11.5 Å². The third kappa shape index (κ3) is 4.50. The minimum absolute atomic E-state index is 0.0406. The molecule has 0 spiro atoms. The Morgan fingerprint density at radius 3 is 2.87 bits per heavy atom. The van der Waals surface area contributed by atoms with Crippen LogP contribution in [0.1, 0.15) is 22.9 Å². The van der Waals surface area contributed by atoms with E-state index >= 15 is 0 Å². The van der Waals surface area contributed by atoms with Crippen molar-refractivity contribution in [3.8, 4) is 11.9 Å². The van der Waals surface area contributed by atoms with E-state index < -0.39 is 0 Å². The predicted molar refractivity (Wildman–Crippen MR) is 117 cm³/mol. The lowest BCUT2D eigenvalue weighted by Crippen LogP contribution is -2.45. The second-order valence-corrected chi connectivity index (χ2v) is 7.13. The fourth-order valence-corrected chi connectivity index (χ4v) is 3.60. The minimum atomic E-state index is -0.0406. The van der Waals surface area contributed by atoms with Gasteiger partial charge in [0.05, 0.1) is 42.2 Å². The van der Waals surface area contributed by atoms with E-state index in [4.69, 9.17) is 10.00 Å². The number of rotatable bonds is 7. The second-order valence-electron chi connectivity index (χ2n) is 7.13. The average Bonchev–Trinajstić information content (AvgIpc) is 2.82. The number of benzene rings is 1. The van der Waals surface area contributed by atoms with Gasteiger partial charge in [-0.25, -0.2) is 9.97 Å². The summed E-state index contributed by atoms with van der Waals surface area (Å²) >= 11 is 0. The summed E-state index contributed by atoms with van der Waals surface area (Å²) in [5, 5.41) is 19.6. The summed E-state index contributed by atoms with van der Waals surface area (Å²) in [7, 11) is 1.63. The molecule has 0 unspecified atom stereocenters. The zero-order chi connectivity index (χ0) is 20.8. The van der Waals surface area contributed by atoms with Gasteiger partial charge in [-0.15, -0.1) is 0 Å². The van der Waals surface area contributed by atoms with E-state index in [-0.39, 0.29) is 12.1 Å². The van der Waals surface area contributed by atoms with Gasteiger partial charge in [0.1, 0.15) is 5.82 Å². The maximum Gasteiger partial charge on any atom is 0.213 e. The van der Waals surface area contributed by atoms with Gasteiger partial charge in [-0.2, -0.15) is 5.26 Å². The average molecular weight is 400 g/mol. The Kier molecular flexibility index (Phi) is 6.06. The molecule has 7 heteroatoms. The van der Waals surface area contributed by atoms with E-state index in [2.05, 4.69) is 32.0 Å². The van der Waals surface area contributed by atoms with Crippen LogP contribution in [0.2, 0.25) is 0 Å². The first kappa shape index (κ1) is 19.7. The number of hydrogen-bond acceptors (Lipinski definition) is 7. The molecule has 0 saturated carbocycles. The number of fused-ring (bicyclic) bond motifs is 1. The summed E-state index contributed by atoms with van der Waals surface area (Å²) in [5.41, 5.74) is 3.77. The molecule has 1 aromatic carbocycles. The summed E-state index contributed by atoms with van der Waals surface area (Å²) < 4.78 is 5.33. The second kappa shape index (κ2) is 9.25. The van der Waals surface area contributed by atoms with Crippen molar-refractivity contribution in [2.24, 2.45) is 0 Å². The van der Waals surface area contributed by atoms with Gasteiger partial charge in [0, 0.05) is 18.8 Å². The van der Waals surface area contributed by atoms with Crippen LogP contribution in [0.25, 0.3) is 0 Å². The van der Waals surface area contributed by atoms with Crippen LogP contribution in [0.5, 0.6) is 5.88 Å². The molecule has 1 aliphatic rings. The standard InChI is InChI=1S/C23H24N6O/c1-30-21-6-2-4-18(28-21)22(20-15-27-19-5-3-12-26-23(19)29-20)25-13-11-16-7-9-17(14-24)10-8-16/h2-10,12,20,22,25,27H,11,13,15H2,1H3,(H,26,29)/t20-,22-/m1/s1. The number of aromatic nitrogens is 2. The Morgan fingerprint density at radius 1 is 1.20 bits per heavy atom. The molecule has 0 aliphatic carbocycles. The highest BCUT2D eigenvalue weighted by molar-refractivity contribution is 5.66. The minimum Gasteiger partial charge on any atom is -0.481 e. The molecule has 3 heterocycles. The van der Waals surface area contributed by atoms with Gasteiger partial charge in [-0.05, 0) is 48.9 Å². The molecule has 0 radical (unpaired) electrons. The van der Waals surface area contributed by atoms with E-state index in [9.17, 15) is 0 Å². The molecular weight excluding hydrogens is 376 g/mol. The van der Waals surface area contributed by atoms with E-state index in [0.717, 1.165) is 36.7 Å². The molecule has 3 N–H and O–H groups in total. The van der Waals surface area contributed by atoms with Crippen molar-refractivity contribution in [2.45, 2.75) is 18.5 Å². The quantitative estimate of drug-likeness (QED) is 0.561. The monoisotopic (exact) mass is 400 g/mol. The SMILES string of the molecule is COc1cccc([C@@H](NCCc2ccc(C#N)cc2)[C@H]2CNc3cccnc3N2)n1. The van der Waals surface area contributed by atoms with Crippen LogP contribution in [0, 0.1) is 11.3 Å². The molecule has 30 heavy (non-hydrogen) atoms. The molecule has 0 saturated heterocycles. The number of anilines is 2.